The summed E-state index contributed by atoms with van der Waals surface area (Å²) < 4.78 is 24.4. The van der Waals surface area contributed by atoms with Gasteiger partial charge in [-0.15, -0.1) is 5.10 Å². The van der Waals surface area contributed by atoms with E-state index in [1.54, 1.807) is 30.3 Å². The highest BCUT2D eigenvalue weighted by Gasteiger charge is 2.25. The minimum Gasteiger partial charge on any atom is -0.497 e. The quantitative estimate of drug-likeness (QED) is 0.353. The van der Waals surface area contributed by atoms with E-state index in [4.69, 9.17) is 10.5 Å². The molecule has 2 heterocycles. The maximum Gasteiger partial charge on any atom is 0.294 e. The van der Waals surface area contributed by atoms with Crippen LogP contribution in [0.15, 0.2) is 58.3 Å². The van der Waals surface area contributed by atoms with Gasteiger partial charge in [0.1, 0.15) is 17.3 Å². The molecule has 12 heteroatoms. The number of anilines is 1. The first kappa shape index (κ1) is 19.7. The molecule has 1 amide bonds. The summed E-state index contributed by atoms with van der Waals surface area (Å²) in [6.45, 7) is 0. The summed E-state index contributed by atoms with van der Waals surface area (Å²) in [5.74, 6) is -0.506. The van der Waals surface area contributed by atoms with Gasteiger partial charge in [0, 0.05) is 5.56 Å². The second-order valence-electron chi connectivity index (χ2n) is 6.16. The van der Waals surface area contributed by atoms with Gasteiger partial charge in [-0.1, -0.05) is 29.5 Å². The van der Waals surface area contributed by atoms with Gasteiger partial charge >= 0.3 is 0 Å². The van der Waals surface area contributed by atoms with Crippen molar-refractivity contribution in [2.45, 2.75) is 0 Å². The molecule has 4 aromatic rings. The van der Waals surface area contributed by atoms with Crippen LogP contribution in [0.1, 0.15) is 16.1 Å². The SMILES string of the molecule is COc1cccc(-c2c(C(=O)N/N=C\c3cccc(F)c3)nnn2-c2nonc2N)c1. The number of rotatable bonds is 6. The molecule has 156 valence electrons. The number of benzene rings is 2. The number of ether oxygens (including phenoxy) is 1. The lowest BCUT2D eigenvalue weighted by Crippen LogP contribution is -2.19. The van der Waals surface area contributed by atoms with Crippen LogP contribution in [-0.2, 0) is 0 Å². The van der Waals surface area contributed by atoms with Crippen LogP contribution in [0.25, 0.3) is 17.1 Å². The third-order valence-electron chi connectivity index (χ3n) is 4.15. The van der Waals surface area contributed by atoms with Crippen molar-refractivity contribution in [3.05, 3.63) is 65.6 Å². The minimum atomic E-state index is -0.660. The Hall–Kier alpha value is -4.61. The van der Waals surface area contributed by atoms with Crippen molar-refractivity contribution < 1.29 is 18.6 Å². The first-order valence-electron chi connectivity index (χ1n) is 8.84. The molecule has 11 nitrogen and oxygen atoms in total. The molecule has 0 aliphatic rings. The fourth-order valence-electron chi connectivity index (χ4n) is 2.76. The number of amides is 1. The van der Waals surface area contributed by atoms with Gasteiger partial charge in [-0.25, -0.2) is 14.4 Å². The topological polar surface area (TPSA) is 146 Å². The molecule has 0 unspecified atom stereocenters. The summed E-state index contributed by atoms with van der Waals surface area (Å²) in [6.07, 6.45) is 1.30. The van der Waals surface area contributed by atoms with Crippen molar-refractivity contribution in [1.82, 2.24) is 30.7 Å². The molecule has 0 fully saturated rings. The number of nitrogen functional groups attached to an aromatic ring is 1. The number of nitrogens with one attached hydrogen (secondary N) is 1. The molecule has 0 aliphatic heterocycles. The van der Waals surface area contributed by atoms with Gasteiger partial charge in [-0.3, -0.25) is 4.79 Å². The number of nitrogens with zero attached hydrogens (tertiary/aromatic N) is 6. The van der Waals surface area contributed by atoms with Crippen molar-refractivity contribution in [1.29, 1.82) is 0 Å². The van der Waals surface area contributed by atoms with Crippen molar-refractivity contribution >= 4 is 17.9 Å². The second kappa shape index (κ2) is 8.41. The number of aromatic nitrogens is 5. The molecule has 31 heavy (non-hydrogen) atoms. The summed E-state index contributed by atoms with van der Waals surface area (Å²) in [7, 11) is 1.52. The van der Waals surface area contributed by atoms with Gasteiger partial charge in [0.05, 0.1) is 13.3 Å². The van der Waals surface area contributed by atoms with E-state index in [2.05, 4.69) is 35.8 Å². The van der Waals surface area contributed by atoms with Crippen LogP contribution in [0.3, 0.4) is 0 Å². The molecule has 0 saturated heterocycles. The summed E-state index contributed by atoms with van der Waals surface area (Å²) in [5, 5.41) is 19.0. The monoisotopic (exact) mass is 422 g/mol. The number of halogens is 1. The van der Waals surface area contributed by atoms with Gasteiger partial charge < -0.3 is 10.5 Å². The second-order valence-corrected chi connectivity index (χ2v) is 6.16. The minimum absolute atomic E-state index is 0.0369. The fraction of sp³-hybridized carbons (Fsp3) is 0.0526. The maximum absolute atomic E-state index is 13.3. The lowest BCUT2D eigenvalue weighted by Gasteiger charge is -2.07. The third kappa shape index (κ3) is 4.07. The number of carbonyl (C=O) groups excluding carboxylic acids is 1. The number of methoxy groups -OCH3 is 1. The number of hydrogen-bond acceptors (Lipinski definition) is 9. The third-order valence-corrected chi connectivity index (χ3v) is 4.15. The van der Waals surface area contributed by atoms with Gasteiger partial charge in [0.15, 0.2) is 5.69 Å². The molecule has 0 bridgehead atoms. The van der Waals surface area contributed by atoms with E-state index in [1.807, 2.05) is 0 Å². The lowest BCUT2D eigenvalue weighted by molar-refractivity contribution is 0.0950. The van der Waals surface area contributed by atoms with Crippen LogP contribution in [-0.4, -0.2) is 44.5 Å². The summed E-state index contributed by atoms with van der Waals surface area (Å²) in [5.41, 5.74) is 9.35. The number of hydrazone groups is 1. The molecule has 3 N–H and O–H groups in total. The largest absolute Gasteiger partial charge is 0.497 e. The highest BCUT2D eigenvalue weighted by atomic mass is 19.1. The number of nitrogens with two attached hydrogens (primary N) is 1. The number of hydrogen-bond donors (Lipinski definition) is 2. The van der Waals surface area contributed by atoms with E-state index in [-0.39, 0.29) is 23.0 Å². The van der Waals surface area contributed by atoms with E-state index in [9.17, 15) is 9.18 Å². The standard InChI is InChI=1S/C19H15FN8O3/c1-30-14-7-3-5-12(9-14)16-15(23-27-28(16)18-17(21)25-31-26-18)19(29)24-22-10-11-4-2-6-13(20)8-11/h2-10H,1H3,(H2,21,25)(H,24,29)/b22-10-. The Bertz CT molecular complexity index is 1270. The summed E-state index contributed by atoms with van der Waals surface area (Å²) in [4.78, 5) is 12.8. The predicted octanol–water partition coefficient (Wildman–Crippen LogP) is 1.81. The van der Waals surface area contributed by atoms with Crippen LogP contribution >= 0.6 is 0 Å². The molecule has 0 aliphatic carbocycles. The zero-order valence-corrected chi connectivity index (χ0v) is 16.1. The normalized spacial score (nSPS) is 11.0. The Morgan fingerprint density at radius 2 is 2.10 bits per heavy atom. The van der Waals surface area contributed by atoms with E-state index in [0.717, 1.165) is 0 Å². The van der Waals surface area contributed by atoms with Gasteiger partial charge in [0.25, 0.3) is 5.91 Å². The van der Waals surface area contributed by atoms with Crippen LogP contribution in [0, 0.1) is 5.82 Å². The van der Waals surface area contributed by atoms with Crippen LogP contribution < -0.4 is 15.9 Å². The van der Waals surface area contributed by atoms with Crippen molar-refractivity contribution in [2.24, 2.45) is 5.10 Å². The average molecular weight is 422 g/mol. The average Bonchev–Trinajstić information content (AvgIpc) is 3.39. The fourth-order valence-corrected chi connectivity index (χ4v) is 2.76. The van der Waals surface area contributed by atoms with Crippen LogP contribution in [0.4, 0.5) is 10.2 Å². The predicted molar refractivity (Wildman–Crippen MR) is 107 cm³/mol. The Morgan fingerprint density at radius 1 is 1.26 bits per heavy atom. The Labute approximate surface area is 174 Å². The highest BCUT2D eigenvalue weighted by Crippen LogP contribution is 2.28. The molecule has 4 rings (SSSR count). The molecule has 0 radical (unpaired) electrons. The molecular weight excluding hydrogens is 407 g/mol. The molecule has 2 aromatic heterocycles. The molecule has 0 spiro atoms. The van der Waals surface area contributed by atoms with E-state index < -0.39 is 11.7 Å². The summed E-state index contributed by atoms with van der Waals surface area (Å²) in [6, 6.07) is 12.6. The molecule has 0 saturated carbocycles. The highest BCUT2D eigenvalue weighted by molar-refractivity contribution is 5.98. The molecule has 2 aromatic carbocycles. The van der Waals surface area contributed by atoms with Crippen molar-refractivity contribution in [3.63, 3.8) is 0 Å². The first-order chi connectivity index (χ1) is 15.1. The van der Waals surface area contributed by atoms with Crippen molar-refractivity contribution in [2.75, 3.05) is 12.8 Å². The Kier molecular flexibility index (Phi) is 5.34. The smallest absolute Gasteiger partial charge is 0.294 e. The zero-order valence-electron chi connectivity index (χ0n) is 16.1. The summed E-state index contributed by atoms with van der Waals surface area (Å²) >= 11 is 0. The van der Waals surface area contributed by atoms with E-state index in [1.165, 1.54) is 36.2 Å². The Morgan fingerprint density at radius 3 is 2.84 bits per heavy atom. The van der Waals surface area contributed by atoms with Gasteiger partial charge in [0.2, 0.25) is 11.6 Å². The Balaban J connectivity index is 1.71. The first-order valence-corrected chi connectivity index (χ1v) is 8.84. The zero-order chi connectivity index (χ0) is 21.8. The van der Waals surface area contributed by atoms with E-state index >= 15 is 0 Å². The van der Waals surface area contributed by atoms with Gasteiger partial charge in [-0.05, 0) is 40.1 Å². The van der Waals surface area contributed by atoms with E-state index in [0.29, 0.717) is 16.9 Å². The van der Waals surface area contributed by atoms with Crippen LogP contribution in [0.5, 0.6) is 5.75 Å². The molecular formula is C19H15FN8O3. The van der Waals surface area contributed by atoms with Crippen molar-refractivity contribution in [3.8, 4) is 22.8 Å². The molecule has 0 atom stereocenters. The lowest BCUT2D eigenvalue weighted by atomic mass is 10.1. The maximum atomic E-state index is 13.3. The number of carbonyl (C=O) groups is 1. The van der Waals surface area contributed by atoms with Crippen LogP contribution in [0.2, 0.25) is 0 Å². The van der Waals surface area contributed by atoms with Gasteiger partial charge in [-0.2, -0.15) is 9.78 Å².